The van der Waals surface area contributed by atoms with Crippen LogP contribution in [-0.4, -0.2) is 15.8 Å². The first-order chi connectivity index (χ1) is 9.26. The maximum Gasteiger partial charge on any atom is 0.214 e. The highest BCUT2D eigenvalue weighted by molar-refractivity contribution is 6.19. The molecule has 0 saturated carbocycles. The van der Waals surface area contributed by atoms with Gasteiger partial charge in [0.05, 0.1) is 0 Å². The third kappa shape index (κ3) is 1.51. The van der Waals surface area contributed by atoms with E-state index in [0.717, 1.165) is 5.56 Å². The summed E-state index contributed by atoms with van der Waals surface area (Å²) in [6, 6.07) is 9.12. The minimum atomic E-state index is -0.189. The summed E-state index contributed by atoms with van der Waals surface area (Å²) in [5.74, 6) is 5.25. The monoisotopic (exact) mass is 245 g/mol. The largest absolute Gasteiger partial charge is 0.287 e. The van der Waals surface area contributed by atoms with Gasteiger partial charge in [-0.3, -0.25) is 4.79 Å². The summed E-state index contributed by atoms with van der Waals surface area (Å²) in [7, 11) is 0. The number of nitrogens with zero attached hydrogens (tertiary/aromatic N) is 3. The third-order valence-corrected chi connectivity index (χ3v) is 2.89. The van der Waals surface area contributed by atoms with Gasteiger partial charge in [-0.05, 0) is 12.8 Å². The van der Waals surface area contributed by atoms with Crippen molar-refractivity contribution in [2.75, 3.05) is 0 Å². The van der Waals surface area contributed by atoms with E-state index in [4.69, 9.17) is 5.26 Å². The molecule has 1 aliphatic carbocycles. The lowest BCUT2D eigenvalue weighted by atomic mass is 10.1. The summed E-state index contributed by atoms with van der Waals surface area (Å²) in [4.78, 5) is 20.6. The molecule has 3 rings (SSSR count). The Morgan fingerprint density at radius 2 is 1.74 bits per heavy atom. The number of carbonyl (C=O) groups is 1. The fraction of sp³-hybridized carbons (Fsp3) is 0.0667. The van der Waals surface area contributed by atoms with E-state index in [1.54, 1.807) is 19.1 Å². The van der Waals surface area contributed by atoms with Crippen molar-refractivity contribution in [3.8, 4) is 29.2 Å². The van der Waals surface area contributed by atoms with E-state index in [2.05, 4.69) is 21.8 Å². The Balaban J connectivity index is 2.35. The first-order valence-electron chi connectivity index (χ1n) is 5.65. The lowest BCUT2D eigenvalue weighted by molar-refractivity contribution is 0.103. The number of hydrogen-bond donors (Lipinski definition) is 0. The van der Waals surface area contributed by atoms with Gasteiger partial charge in [-0.15, -0.1) is 0 Å². The van der Waals surface area contributed by atoms with E-state index in [9.17, 15) is 4.79 Å². The summed E-state index contributed by atoms with van der Waals surface area (Å²) in [6.07, 6.45) is 0. The molecule has 19 heavy (non-hydrogen) atoms. The average Bonchev–Trinajstić information content (AvgIpc) is 2.72. The quantitative estimate of drug-likeness (QED) is 0.567. The van der Waals surface area contributed by atoms with Gasteiger partial charge in [0.25, 0.3) is 0 Å². The van der Waals surface area contributed by atoms with Crippen LogP contribution in [0.3, 0.4) is 0 Å². The first kappa shape index (κ1) is 11.1. The van der Waals surface area contributed by atoms with Crippen LogP contribution in [0.1, 0.15) is 34.4 Å². The van der Waals surface area contributed by atoms with Crippen molar-refractivity contribution in [2.24, 2.45) is 0 Å². The Morgan fingerprint density at radius 1 is 1.05 bits per heavy atom. The smallest absolute Gasteiger partial charge is 0.214 e. The highest BCUT2D eigenvalue weighted by Gasteiger charge is 2.30. The van der Waals surface area contributed by atoms with Gasteiger partial charge in [0.15, 0.2) is 5.69 Å². The zero-order chi connectivity index (χ0) is 13.4. The van der Waals surface area contributed by atoms with Crippen LogP contribution < -0.4 is 0 Å². The van der Waals surface area contributed by atoms with E-state index in [0.29, 0.717) is 17.0 Å². The van der Waals surface area contributed by atoms with Crippen LogP contribution in [0, 0.1) is 23.2 Å². The number of aromatic nitrogens is 2. The Kier molecular flexibility index (Phi) is 2.37. The van der Waals surface area contributed by atoms with Gasteiger partial charge in [-0.2, -0.15) is 5.26 Å². The van der Waals surface area contributed by atoms with Crippen LogP contribution in [0.5, 0.6) is 0 Å². The van der Waals surface area contributed by atoms with Crippen LogP contribution >= 0.6 is 0 Å². The summed E-state index contributed by atoms with van der Waals surface area (Å²) in [6.45, 7) is 1.66. The molecule has 1 heterocycles. The van der Waals surface area contributed by atoms with Crippen LogP contribution in [-0.2, 0) is 0 Å². The first-order valence-corrected chi connectivity index (χ1v) is 5.65. The Bertz CT molecular complexity index is 820. The lowest BCUT2D eigenvalue weighted by Crippen LogP contribution is -2.04. The number of rotatable bonds is 0. The van der Waals surface area contributed by atoms with E-state index in [1.807, 2.05) is 18.2 Å². The van der Waals surface area contributed by atoms with Crippen molar-refractivity contribution in [1.29, 1.82) is 5.26 Å². The molecule has 0 fully saturated rings. The van der Waals surface area contributed by atoms with Gasteiger partial charge < -0.3 is 0 Å². The summed E-state index contributed by atoms with van der Waals surface area (Å²) < 4.78 is 0. The number of fused-ring (bicyclic) bond motifs is 3. The highest BCUT2D eigenvalue weighted by atomic mass is 16.1. The van der Waals surface area contributed by atoms with Crippen molar-refractivity contribution in [3.05, 3.63) is 46.9 Å². The van der Waals surface area contributed by atoms with E-state index >= 15 is 0 Å². The van der Waals surface area contributed by atoms with Crippen molar-refractivity contribution in [3.63, 3.8) is 0 Å². The molecule has 0 aliphatic heterocycles. The maximum atomic E-state index is 12.2. The van der Waals surface area contributed by atoms with Crippen molar-refractivity contribution in [2.45, 2.75) is 6.92 Å². The Hall–Kier alpha value is -2.98. The lowest BCUT2D eigenvalue weighted by Gasteiger charge is -2.00. The molecule has 0 bridgehead atoms. The molecule has 1 aromatic heterocycles. The fourth-order valence-corrected chi connectivity index (χ4v) is 2.08. The SMILES string of the molecule is CC#Cc1nc2c(nc1C#N)C(=O)c1ccccc1-2. The zero-order valence-electron chi connectivity index (χ0n) is 10.1. The number of ketones is 1. The second-order valence-corrected chi connectivity index (χ2v) is 3.98. The van der Waals surface area contributed by atoms with Crippen molar-refractivity contribution in [1.82, 2.24) is 9.97 Å². The zero-order valence-corrected chi connectivity index (χ0v) is 10.1. The summed E-state index contributed by atoms with van der Waals surface area (Å²) in [5.41, 5.74) is 2.47. The molecular formula is C15H7N3O. The molecule has 4 heteroatoms. The average molecular weight is 245 g/mol. The highest BCUT2D eigenvalue weighted by Crippen LogP contribution is 2.34. The normalized spacial score (nSPS) is 11.1. The fourth-order valence-electron chi connectivity index (χ4n) is 2.08. The standard InChI is InChI=1S/C15H7N3O/c1-2-5-11-12(8-16)18-14-13(17-11)9-6-3-4-7-10(9)15(14)19/h3-4,6-7H,1H3. The van der Waals surface area contributed by atoms with Crippen molar-refractivity contribution < 1.29 is 4.79 Å². The molecule has 88 valence electrons. The number of benzene rings is 1. The summed E-state index contributed by atoms with van der Waals surface area (Å²) in [5, 5.41) is 9.05. The molecule has 0 spiro atoms. The van der Waals surface area contributed by atoms with Gasteiger partial charge >= 0.3 is 0 Å². The van der Waals surface area contributed by atoms with E-state index in [1.165, 1.54) is 0 Å². The molecule has 0 N–H and O–H groups in total. The molecule has 0 radical (unpaired) electrons. The maximum absolute atomic E-state index is 12.2. The van der Waals surface area contributed by atoms with Gasteiger partial charge in [0, 0.05) is 11.1 Å². The van der Waals surface area contributed by atoms with Gasteiger partial charge in [-0.1, -0.05) is 30.2 Å². The molecule has 2 aromatic rings. The molecule has 0 amide bonds. The minimum absolute atomic E-state index is 0.0919. The van der Waals surface area contributed by atoms with Crippen LogP contribution in [0.15, 0.2) is 24.3 Å². The predicted octanol–water partition coefficient (Wildman–Crippen LogP) is 1.93. The van der Waals surface area contributed by atoms with Gasteiger partial charge in [0.2, 0.25) is 5.78 Å². The molecule has 1 aromatic carbocycles. The minimum Gasteiger partial charge on any atom is -0.287 e. The van der Waals surface area contributed by atoms with Crippen LogP contribution in [0.25, 0.3) is 11.3 Å². The molecule has 0 unspecified atom stereocenters. The molecule has 0 saturated heterocycles. The molecular weight excluding hydrogens is 238 g/mol. The van der Waals surface area contributed by atoms with Gasteiger partial charge in [0.1, 0.15) is 23.2 Å². The Labute approximate surface area is 109 Å². The predicted molar refractivity (Wildman–Crippen MR) is 68.2 cm³/mol. The summed E-state index contributed by atoms with van der Waals surface area (Å²) >= 11 is 0. The second-order valence-electron chi connectivity index (χ2n) is 3.98. The number of hydrogen-bond acceptors (Lipinski definition) is 4. The van der Waals surface area contributed by atoms with Crippen LogP contribution in [0.4, 0.5) is 0 Å². The topological polar surface area (TPSA) is 66.6 Å². The van der Waals surface area contributed by atoms with Crippen LogP contribution in [0.2, 0.25) is 0 Å². The third-order valence-electron chi connectivity index (χ3n) is 2.89. The van der Waals surface area contributed by atoms with Gasteiger partial charge in [-0.25, -0.2) is 9.97 Å². The second kappa shape index (κ2) is 4.04. The number of nitriles is 1. The van der Waals surface area contributed by atoms with Crippen molar-refractivity contribution >= 4 is 5.78 Å². The molecule has 0 atom stereocenters. The molecule has 4 nitrogen and oxygen atoms in total. The Morgan fingerprint density at radius 3 is 2.42 bits per heavy atom. The van der Waals surface area contributed by atoms with E-state index in [-0.39, 0.29) is 17.2 Å². The van der Waals surface area contributed by atoms with E-state index < -0.39 is 0 Å². The molecule has 1 aliphatic rings. The number of carbonyl (C=O) groups excluding carboxylic acids is 1.